The Kier molecular flexibility index (Phi) is 2.27. The first-order valence-corrected chi connectivity index (χ1v) is 6.14. The number of hydrogen-bond acceptors (Lipinski definition) is 4. The van der Waals surface area contributed by atoms with Gasteiger partial charge in [0.2, 0.25) is 0 Å². The molecule has 1 fully saturated rings. The number of likely N-dealkylation sites (tertiary alicyclic amines) is 1. The predicted octanol–water partition coefficient (Wildman–Crippen LogP) is 0.995. The van der Waals surface area contributed by atoms with Gasteiger partial charge in [0.1, 0.15) is 5.01 Å². The number of fused-ring (bicyclic) bond motifs is 1. The minimum absolute atomic E-state index is 1.03. The van der Waals surface area contributed by atoms with Crippen LogP contribution in [-0.2, 0) is 19.5 Å². The highest BCUT2D eigenvalue weighted by atomic mass is 32.1. The molecule has 0 aliphatic carbocycles. The van der Waals surface area contributed by atoms with Gasteiger partial charge < -0.3 is 5.32 Å². The largest absolute Gasteiger partial charge is 0.311 e. The molecule has 2 aliphatic heterocycles. The zero-order valence-corrected chi connectivity index (χ0v) is 9.07. The van der Waals surface area contributed by atoms with E-state index in [0.717, 1.165) is 26.1 Å². The van der Waals surface area contributed by atoms with Gasteiger partial charge in [-0.25, -0.2) is 4.98 Å². The Labute approximate surface area is 88.1 Å². The van der Waals surface area contributed by atoms with E-state index in [9.17, 15) is 0 Å². The Morgan fingerprint density at radius 1 is 1.43 bits per heavy atom. The summed E-state index contributed by atoms with van der Waals surface area (Å²) in [5.74, 6) is 0. The molecule has 3 rings (SSSR count). The van der Waals surface area contributed by atoms with E-state index in [1.807, 2.05) is 11.3 Å². The predicted molar refractivity (Wildman–Crippen MR) is 57.4 cm³/mol. The van der Waals surface area contributed by atoms with E-state index in [1.165, 1.54) is 35.1 Å². The number of nitrogens with zero attached hydrogens (tertiary/aromatic N) is 2. The molecular formula is C10H15N3S. The fraction of sp³-hybridized carbons (Fsp3) is 0.700. The quantitative estimate of drug-likeness (QED) is 0.787. The zero-order chi connectivity index (χ0) is 9.38. The van der Waals surface area contributed by atoms with Crippen molar-refractivity contribution in [1.29, 1.82) is 0 Å². The minimum atomic E-state index is 1.03. The second-order valence-electron chi connectivity index (χ2n) is 4.03. The van der Waals surface area contributed by atoms with E-state index in [-0.39, 0.29) is 0 Å². The van der Waals surface area contributed by atoms with Gasteiger partial charge in [-0.2, -0.15) is 0 Å². The summed E-state index contributed by atoms with van der Waals surface area (Å²) < 4.78 is 0. The van der Waals surface area contributed by atoms with Crippen molar-refractivity contribution in [3.8, 4) is 0 Å². The van der Waals surface area contributed by atoms with Crippen LogP contribution >= 0.6 is 11.3 Å². The van der Waals surface area contributed by atoms with Gasteiger partial charge in [-0.15, -0.1) is 11.3 Å². The van der Waals surface area contributed by atoms with Gasteiger partial charge >= 0.3 is 0 Å². The molecule has 1 N–H and O–H groups in total. The number of thiazole rings is 1. The highest BCUT2D eigenvalue weighted by molar-refractivity contribution is 7.11. The lowest BCUT2D eigenvalue weighted by Crippen LogP contribution is -2.36. The Hall–Kier alpha value is -0.450. The van der Waals surface area contributed by atoms with Crippen molar-refractivity contribution >= 4 is 11.3 Å². The molecule has 1 aromatic heterocycles. The van der Waals surface area contributed by atoms with Crippen LogP contribution < -0.4 is 5.32 Å². The summed E-state index contributed by atoms with van der Waals surface area (Å²) in [7, 11) is 0. The third kappa shape index (κ3) is 1.58. The van der Waals surface area contributed by atoms with Gasteiger partial charge in [0.05, 0.1) is 12.2 Å². The SMILES string of the molecule is C1CN(Cc2nc3c(s2)CNCC3)C1. The summed E-state index contributed by atoms with van der Waals surface area (Å²) in [5, 5.41) is 4.71. The minimum Gasteiger partial charge on any atom is -0.311 e. The molecule has 3 heterocycles. The average molecular weight is 209 g/mol. The topological polar surface area (TPSA) is 28.2 Å². The molecule has 76 valence electrons. The monoisotopic (exact) mass is 209 g/mol. The molecule has 3 nitrogen and oxygen atoms in total. The molecule has 0 spiro atoms. The fourth-order valence-corrected chi connectivity index (χ4v) is 3.10. The van der Waals surface area contributed by atoms with Gasteiger partial charge in [-0.1, -0.05) is 0 Å². The van der Waals surface area contributed by atoms with Crippen molar-refractivity contribution in [2.24, 2.45) is 0 Å². The highest BCUT2D eigenvalue weighted by Crippen LogP contribution is 2.23. The smallest absolute Gasteiger partial charge is 0.107 e. The maximum absolute atomic E-state index is 4.71. The van der Waals surface area contributed by atoms with Gasteiger partial charge in [0.15, 0.2) is 0 Å². The van der Waals surface area contributed by atoms with Crippen molar-refractivity contribution in [3.05, 3.63) is 15.6 Å². The fourth-order valence-electron chi connectivity index (χ4n) is 1.98. The molecule has 14 heavy (non-hydrogen) atoms. The van der Waals surface area contributed by atoms with Crippen LogP contribution in [0.15, 0.2) is 0 Å². The average Bonchev–Trinajstić information content (AvgIpc) is 2.53. The van der Waals surface area contributed by atoms with E-state index in [4.69, 9.17) is 4.98 Å². The normalized spacial score (nSPS) is 21.7. The summed E-state index contributed by atoms with van der Waals surface area (Å²) in [6, 6.07) is 0. The van der Waals surface area contributed by atoms with E-state index in [2.05, 4.69) is 10.2 Å². The molecule has 1 saturated heterocycles. The Balaban J connectivity index is 1.74. The molecular weight excluding hydrogens is 194 g/mol. The number of rotatable bonds is 2. The molecule has 0 radical (unpaired) electrons. The van der Waals surface area contributed by atoms with Crippen molar-refractivity contribution in [2.75, 3.05) is 19.6 Å². The van der Waals surface area contributed by atoms with E-state index < -0.39 is 0 Å². The van der Waals surface area contributed by atoms with Gasteiger partial charge in [0, 0.05) is 24.4 Å². The first-order valence-electron chi connectivity index (χ1n) is 5.32. The lowest BCUT2D eigenvalue weighted by Gasteiger charge is -2.29. The van der Waals surface area contributed by atoms with Crippen LogP contribution in [0.1, 0.15) is 22.0 Å². The summed E-state index contributed by atoms with van der Waals surface area (Å²) in [5.41, 5.74) is 1.35. The first-order chi connectivity index (χ1) is 6.92. The molecule has 1 aromatic rings. The molecule has 0 atom stereocenters. The zero-order valence-electron chi connectivity index (χ0n) is 8.25. The first kappa shape index (κ1) is 8.83. The van der Waals surface area contributed by atoms with Crippen molar-refractivity contribution in [1.82, 2.24) is 15.2 Å². The van der Waals surface area contributed by atoms with Crippen molar-refractivity contribution in [2.45, 2.75) is 25.9 Å². The molecule has 0 saturated carbocycles. The van der Waals surface area contributed by atoms with Crippen molar-refractivity contribution < 1.29 is 0 Å². The number of nitrogens with one attached hydrogen (secondary N) is 1. The molecule has 4 heteroatoms. The summed E-state index contributed by atoms with van der Waals surface area (Å²) in [4.78, 5) is 8.64. The van der Waals surface area contributed by atoms with Crippen LogP contribution in [0.5, 0.6) is 0 Å². The summed E-state index contributed by atoms with van der Waals surface area (Å²) in [6.07, 6.45) is 2.48. The summed E-state index contributed by atoms with van der Waals surface area (Å²) >= 11 is 1.90. The van der Waals surface area contributed by atoms with Crippen LogP contribution in [0.2, 0.25) is 0 Å². The van der Waals surface area contributed by atoms with Crippen LogP contribution in [0.4, 0.5) is 0 Å². The van der Waals surface area contributed by atoms with Crippen molar-refractivity contribution in [3.63, 3.8) is 0 Å². The van der Waals surface area contributed by atoms with Gasteiger partial charge in [-0.05, 0) is 19.5 Å². The van der Waals surface area contributed by atoms with Crippen LogP contribution in [-0.4, -0.2) is 29.5 Å². The number of aromatic nitrogens is 1. The Bertz CT molecular complexity index is 307. The maximum Gasteiger partial charge on any atom is 0.107 e. The Morgan fingerprint density at radius 3 is 3.07 bits per heavy atom. The highest BCUT2D eigenvalue weighted by Gasteiger charge is 2.19. The third-order valence-corrected chi connectivity index (χ3v) is 4.04. The molecule has 0 amide bonds. The van der Waals surface area contributed by atoms with E-state index in [0.29, 0.717) is 0 Å². The van der Waals surface area contributed by atoms with Crippen LogP contribution in [0.3, 0.4) is 0 Å². The van der Waals surface area contributed by atoms with E-state index in [1.54, 1.807) is 0 Å². The van der Waals surface area contributed by atoms with Crippen LogP contribution in [0, 0.1) is 0 Å². The molecule has 0 unspecified atom stereocenters. The second kappa shape index (κ2) is 3.61. The lowest BCUT2D eigenvalue weighted by atomic mass is 10.2. The molecule has 2 aliphatic rings. The standard InChI is InChI=1S/C10H15N3S/c1-4-13(5-1)7-10-12-8-2-3-11-6-9(8)14-10/h11H,1-7H2. The van der Waals surface area contributed by atoms with Gasteiger partial charge in [0.25, 0.3) is 0 Å². The number of hydrogen-bond donors (Lipinski definition) is 1. The lowest BCUT2D eigenvalue weighted by molar-refractivity contribution is 0.172. The second-order valence-corrected chi connectivity index (χ2v) is 5.20. The molecule has 0 bridgehead atoms. The maximum atomic E-state index is 4.71. The van der Waals surface area contributed by atoms with E-state index >= 15 is 0 Å². The van der Waals surface area contributed by atoms with Crippen LogP contribution in [0.25, 0.3) is 0 Å². The third-order valence-electron chi connectivity index (χ3n) is 2.95. The molecule has 0 aromatic carbocycles. The Morgan fingerprint density at radius 2 is 2.36 bits per heavy atom. The van der Waals surface area contributed by atoms with Gasteiger partial charge in [-0.3, -0.25) is 4.90 Å². The summed E-state index contributed by atoms with van der Waals surface area (Å²) in [6.45, 7) is 5.75.